The van der Waals surface area contributed by atoms with Gasteiger partial charge in [-0.25, -0.2) is 4.98 Å². The molecule has 0 fully saturated rings. The molecular weight excluding hydrogens is 218 g/mol. The number of hydrogen-bond acceptors (Lipinski definition) is 3. The normalized spacial score (nSPS) is 13.1. The topological polar surface area (TPSA) is 69.2 Å². The van der Waals surface area contributed by atoms with Crippen LogP contribution in [0.5, 0.6) is 0 Å². The van der Waals surface area contributed by atoms with Crippen molar-refractivity contribution in [1.82, 2.24) is 14.9 Å². The Labute approximate surface area is 99.1 Å². The van der Waals surface area contributed by atoms with E-state index in [4.69, 9.17) is 5.11 Å². The molecule has 2 N–H and O–H groups in total. The minimum atomic E-state index is -0.814. The second-order valence-corrected chi connectivity index (χ2v) is 4.14. The molecular formula is C12H15N3O2. The van der Waals surface area contributed by atoms with Crippen molar-refractivity contribution in [3.8, 4) is 0 Å². The number of fused-ring (bicyclic) bond motifs is 1. The number of aromatic nitrogens is 2. The summed E-state index contributed by atoms with van der Waals surface area (Å²) in [5, 5.41) is 9.97. The maximum atomic E-state index is 10.9. The van der Waals surface area contributed by atoms with Crippen LogP contribution >= 0.6 is 0 Å². The van der Waals surface area contributed by atoms with Crippen molar-refractivity contribution >= 4 is 17.0 Å². The van der Waals surface area contributed by atoms with Crippen molar-refractivity contribution in [2.24, 2.45) is 0 Å². The number of carbonyl (C=O) groups is 1. The Morgan fingerprint density at radius 1 is 1.65 bits per heavy atom. The summed E-state index contributed by atoms with van der Waals surface area (Å²) < 4.78 is 0. The van der Waals surface area contributed by atoms with Crippen LogP contribution in [-0.2, 0) is 11.3 Å². The van der Waals surface area contributed by atoms with Crippen molar-refractivity contribution in [3.63, 3.8) is 0 Å². The maximum Gasteiger partial charge on any atom is 0.320 e. The van der Waals surface area contributed by atoms with Crippen molar-refractivity contribution in [1.29, 1.82) is 0 Å². The van der Waals surface area contributed by atoms with E-state index < -0.39 is 12.0 Å². The van der Waals surface area contributed by atoms with Crippen LogP contribution in [0.15, 0.2) is 24.5 Å². The van der Waals surface area contributed by atoms with E-state index in [1.165, 1.54) is 0 Å². The van der Waals surface area contributed by atoms with Gasteiger partial charge >= 0.3 is 5.97 Å². The molecule has 2 aromatic heterocycles. The number of nitrogens with zero attached hydrogens (tertiary/aromatic N) is 2. The fraction of sp³-hybridized carbons (Fsp3) is 0.333. The summed E-state index contributed by atoms with van der Waals surface area (Å²) in [5.74, 6) is -0.814. The number of carboxylic acids is 1. The third kappa shape index (κ3) is 2.29. The van der Waals surface area contributed by atoms with Crippen LogP contribution in [0.3, 0.4) is 0 Å². The van der Waals surface area contributed by atoms with Crippen molar-refractivity contribution in [3.05, 3.63) is 30.1 Å². The van der Waals surface area contributed by atoms with Crippen LogP contribution in [0.1, 0.15) is 12.5 Å². The van der Waals surface area contributed by atoms with Gasteiger partial charge in [0.1, 0.15) is 11.7 Å². The average molecular weight is 233 g/mol. The lowest BCUT2D eigenvalue weighted by molar-refractivity contribution is -0.142. The fourth-order valence-electron chi connectivity index (χ4n) is 1.74. The Hall–Kier alpha value is -1.88. The minimum absolute atomic E-state index is 0.503. The van der Waals surface area contributed by atoms with Crippen LogP contribution in [-0.4, -0.2) is 39.0 Å². The SMILES string of the molecule is CC(C(=O)O)N(C)Cc1c[nH]c2ncccc12. The molecule has 1 atom stereocenters. The number of aromatic amines is 1. The standard InChI is InChI=1S/C12H15N3O2/c1-8(12(16)17)15(2)7-9-6-14-11-10(9)4-3-5-13-11/h3-6,8H,7H2,1-2H3,(H,13,14)(H,16,17). The first-order chi connectivity index (χ1) is 8.09. The lowest BCUT2D eigenvalue weighted by atomic mass is 10.2. The maximum absolute atomic E-state index is 10.9. The second kappa shape index (κ2) is 4.55. The van der Waals surface area contributed by atoms with E-state index in [1.807, 2.05) is 18.3 Å². The molecule has 0 saturated heterocycles. The predicted octanol–water partition coefficient (Wildman–Crippen LogP) is 1.47. The molecule has 0 saturated carbocycles. The summed E-state index contributed by atoms with van der Waals surface area (Å²) in [4.78, 5) is 19.9. The number of carboxylic acid groups (broad SMARTS) is 1. The average Bonchev–Trinajstić information content (AvgIpc) is 2.71. The molecule has 2 aromatic rings. The van der Waals surface area contributed by atoms with E-state index in [1.54, 1.807) is 25.1 Å². The van der Waals surface area contributed by atoms with Gasteiger partial charge in [0.2, 0.25) is 0 Å². The van der Waals surface area contributed by atoms with E-state index in [2.05, 4.69) is 9.97 Å². The number of pyridine rings is 1. The summed E-state index contributed by atoms with van der Waals surface area (Å²) in [5.41, 5.74) is 1.89. The van der Waals surface area contributed by atoms with Crippen molar-refractivity contribution < 1.29 is 9.90 Å². The molecule has 2 rings (SSSR count). The summed E-state index contributed by atoms with van der Waals surface area (Å²) in [6, 6.07) is 3.35. The van der Waals surface area contributed by atoms with Gasteiger partial charge in [0.15, 0.2) is 0 Å². The van der Waals surface area contributed by atoms with Crippen LogP contribution < -0.4 is 0 Å². The summed E-state index contributed by atoms with van der Waals surface area (Å²) in [6.45, 7) is 2.26. The van der Waals surface area contributed by atoms with E-state index >= 15 is 0 Å². The summed E-state index contributed by atoms with van der Waals surface area (Å²) in [6.07, 6.45) is 3.61. The third-order valence-electron chi connectivity index (χ3n) is 2.98. The highest BCUT2D eigenvalue weighted by Gasteiger charge is 2.17. The molecule has 2 heterocycles. The first-order valence-corrected chi connectivity index (χ1v) is 5.43. The molecule has 17 heavy (non-hydrogen) atoms. The summed E-state index contributed by atoms with van der Waals surface area (Å²) in [7, 11) is 1.80. The number of likely N-dealkylation sites (N-methyl/N-ethyl adjacent to an activating group) is 1. The van der Waals surface area contributed by atoms with E-state index in [0.717, 1.165) is 16.6 Å². The lowest BCUT2D eigenvalue weighted by Gasteiger charge is -2.20. The van der Waals surface area contributed by atoms with Gasteiger partial charge in [-0.1, -0.05) is 0 Å². The fourth-order valence-corrected chi connectivity index (χ4v) is 1.74. The molecule has 0 aliphatic heterocycles. The molecule has 0 amide bonds. The van der Waals surface area contributed by atoms with Gasteiger partial charge in [0.05, 0.1) is 0 Å². The molecule has 1 unspecified atom stereocenters. The van der Waals surface area contributed by atoms with Crippen molar-refractivity contribution in [2.75, 3.05) is 7.05 Å². The van der Waals surface area contributed by atoms with Crippen LogP contribution in [0.2, 0.25) is 0 Å². The molecule has 5 nitrogen and oxygen atoms in total. The van der Waals surface area contributed by atoms with Crippen LogP contribution in [0.25, 0.3) is 11.0 Å². The quantitative estimate of drug-likeness (QED) is 0.839. The van der Waals surface area contributed by atoms with Gasteiger partial charge in [-0.15, -0.1) is 0 Å². The largest absolute Gasteiger partial charge is 0.480 e. The number of hydrogen-bond donors (Lipinski definition) is 2. The molecule has 0 aliphatic carbocycles. The van der Waals surface area contributed by atoms with Gasteiger partial charge in [0.25, 0.3) is 0 Å². The van der Waals surface area contributed by atoms with E-state index in [9.17, 15) is 4.79 Å². The Balaban J connectivity index is 2.21. The monoisotopic (exact) mass is 233 g/mol. The van der Waals surface area contributed by atoms with Crippen LogP contribution in [0.4, 0.5) is 0 Å². The molecule has 0 spiro atoms. The molecule has 0 aliphatic rings. The lowest BCUT2D eigenvalue weighted by Crippen LogP contribution is -2.35. The minimum Gasteiger partial charge on any atom is -0.480 e. The Morgan fingerprint density at radius 2 is 2.41 bits per heavy atom. The first-order valence-electron chi connectivity index (χ1n) is 5.43. The van der Waals surface area contributed by atoms with Gasteiger partial charge < -0.3 is 10.1 Å². The first kappa shape index (κ1) is 11.6. The van der Waals surface area contributed by atoms with Crippen molar-refractivity contribution in [2.45, 2.75) is 19.5 Å². The number of H-pyrrole nitrogens is 1. The Morgan fingerprint density at radius 3 is 3.12 bits per heavy atom. The third-order valence-corrected chi connectivity index (χ3v) is 2.98. The summed E-state index contributed by atoms with van der Waals surface area (Å²) >= 11 is 0. The zero-order valence-corrected chi connectivity index (χ0v) is 9.84. The van der Waals surface area contributed by atoms with E-state index in [0.29, 0.717) is 6.54 Å². The number of rotatable bonds is 4. The zero-order valence-electron chi connectivity index (χ0n) is 9.84. The molecule has 0 radical (unpaired) electrons. The van der Waals surface area contributed by atoms with Gasteiger partial charge in [-0.05, 0) is 31.7 Å². The molecule has 90 valence electrons. The highest BCUT2D eigenvalue weighted by molar-refractivity contribution is 5.79. The molecule has 5 heteroatoms. The molecule has 0 aromatic carbocycles. The predicted molar refractivity (Wildman–Crippen MR) is 64.7 cm³/mol. The second-order valence-electron chi connectivity index (χ2n) is 4.14. The van der Waals surface area contributed by atoms with Crippen LogP contribution in [0, 0.1) is 0 Å². The Kier molecular flexibility index (Phi) is 3.10. The zero-order chi connectivity index (χ0) is 12.4. The van der Waals surface area contributed by atoms with Gasteiger partial charge in [-0.2, -0.15) is 0 Å². The number of aliphatic carboxylic acids is 1. The van der Waals surface area contributed by atoms with E-state index in [-0.39, 0.29) is 0 Å². The van der Waals surface area contributed by atoms with Gasteiger partial charge in [0, 0.05) is 24.3 Å². The smallest absolute Gasteiger partial charge is 0.320 e. The Bertz CT molecular complexity index is 535. The van der Waals surface area contributed by atoms with Gasteiger partial charge in [-0.3, -0.25) is 9.69 Å². The highest BCUT2D eigenvalue weighted by atomic mass is 16.4. The highest BCUT2D eigenvalue weighted by Crippen LogP contribution is 2.17. The number of nitrogens with one attached hydrogen (secondary N) is 1. The molecule has 0 bridgehead atoms.